The summed E-state index contributed by atoms with van der Waals surface area (Å²) in [5, 5.41) is 19.3. The Hall–Kier alpha value is -4.08. The van der Waals surface area contributed by atoms with Crippen LogP contribution in [0.1, 0.15) is 45.7 Å². The van der Waals surface area contributed by atoms with Crippen LogP contribution in [0.2, 0.25) is 0 Å². The molecule has 1 aliphatic rings. The molecule has 37 heavy (non-hydrogen) atoms. The predicted molar refractivity (Wildman–Crippen MR) is 142 cm³/mol. The van der Waals surface area contributed by atoms with E-state index >= 15 is 0 Å². The van der Waals surface area contributed by atoms with Crippen LogP contribution in [0.15, 0.2) is 67.0 Å². The molecule has 0 radical (unpaired) electrons. The van der Waals surface area contributed by atoms with E-state index in [1.54, 1.807) is 0 Å². The first kappa shape index (κ1) is 23.3. The van der Waals surface area contributed by atoms with Gasteiger partial charge in [0, 0.05) is 25.3 Å². The standard InChI is InChI=1S/C28H30N8O/c29-26-13-25(27-28(32-26)34-35-33-27)24(9-11-37-18-19-4-2-1-3-5-19)23-15-31-36(17-23)16-20-6-7-22-14-30-10-8-21(22)12-20/h1-7,12-13,15,17,24,30H,8-11,14,16,18H2,(H3,29,32,33,34,35). The van der Waals surface area contributed by atoms with Crippen LogP contribution in [0.3, 0.4) is 0 Å². The summed E-state index contributed by atoms with van der Waals surface area (Å²) in [6.07, 6.45) is 5.86. The summed E-state index contributed by atoms with van der Waals surface area (Å²) in [6.45, 7) is 3.84. The van der Waals surface area contributed by atoms with Crippen molar-refractivity contribution < 1.29 is 4.74 Å². The van der Waals surface area contributed by atoms with Gasteiger partial charge in [-0.05, 0) is 58.8 Å². The Balaban J connectivity index is 1.24. The average Bonchev–Trinajstić information content (AvgIpc) is 3.58. The van der Waals surface area contributed by atoms with E-state index in [2.05, 4.69) is 62.2 Å². The first-order valence-corrected chi connectivity index (χ1v) is 12.7. The first-order chi connectivity index (χ1) is 18.2. The Kier molecular flexibility index (Phi) is 6.62. The minimum atomic E-state index is -0.0166. The van der Waals surface area contributed by atoms with Crippen LogP contribution in [0.25, 0.3) is 11.2 Å². The zero-order valence-corrected chi connectivity index (χ0v) is 20.6. The number of aromatic amines is 1. The number of nitrogens with one attached hydrogen (secondary N) is 2. The van der Waals surface area contributed by atoms with Gasteiger partial charge >= 0.3 is 0 Å². The minimum Gasteiger partial charge on any atom is -0.384 e. The molecule has 188 valence electrons. The molecule has 0 amide bonds. The Bertz CT molecular complexity index is 1490. The summed E-state index contributed by atoms with van der Waals surface area (Å²) in [5.41, 5.74) is 14.7. The number of ether oxygens (including phenoxy) is 1. The Labute approximate surface area is 215 Å². The van der Waals surface area contributed by atoms with Gasteiger partial charge in [-0.25, -0.2) is 10.1 Å². The average molecular weight is 495 g/mol. The van der Waals surface area contributed by atoms with Crippen LogP contribution in [-0.2, 0) is 30.9 Å². The number of aromatic nitrogens is 6. The second kappa shape index (κ2) is 10.5. The highest BCUT2D eigenvalue weighted by molar-refractivity contribution is 5.77. The number of anilines is 1. The van der Waals surface area contributed by atoms with E-state index in [0.717, 1.165) is 54.7 Å². The number of benzene rings is 2. The number of pyridine rings is 1. The summed E-state index contributed by atoms with van der Waals surface area (Å²) >= 11 is 0. The van der Waals surface area contributed by atoms with Gasteiger partial charge in [0.15, 0.2) is 5.65 Å². The largest absolute Gasteiger partial charge is 0.384 e. The van der Waals surface area contributed by atoms with Crippen molar-refractivity contribution in [2.75, 3.05) is 18.9 Å². The fourth-order valence-electron chi connectivity index (χ4n) is 5.08. The molecule has 9 heteroatoms. The number of nitrogen functional groups attached to an aromatic ring is 1. The van der Waals surface area contributed by atoms with Gasteiger partial charge in [0.1, 0.15) is 11.3 Å². The quantitative estimate of drug-likeness (QED) is 0.268. The van der Waals surface area contributed by atoms with E-state index in [0.29, 0.717) is 24.7 Å². The molecular formula is C28H30N8O. The molecule has 9 nitrogen and oxygen atoms in total. The molecule has 0 aliphatic carbocycles. The lowest BCUT2D eigenvalue weighted by atomic mass is 9.90. The van der Waals surface area contributed by atoms with Crippen molar-refractivity contribution in [1.82, 2.24) is 35.5 Å². The summed E-state index contributed by atoms with van der Waals surface area (Å²) in [7, 11) is 0. The molecule has 0 saturated carbocycles. The van der Waals surface area contributed by atoms with Crippen molar-refractivity contribution >= 4 is 17.0 Å². The highest BCUT2D eigenvalue weighted by atomic mass is 16.5. The summed E-state index contributed by atoms with van der Waals surface area (Å²) in [6, 6.07) is 18.8. The van der Waals surface area contributed by atoms with Crippen molar-refractivity contribution in [2.24, 2.45) is 0 Å². The molecule has 0 saturated heterocycles. The number of fused-ring (bicyclic) bond motifs is 2. The Morgan fingerprint density at radius 3 is 2.89 bits per heavy atom. The molecule has 0 bridgehead atoms. The molecule has 1 unspecified atom stereocenters. The molecular weight excluding hydrogens is 464 g/mol. The monoisotopic (exact) mass is 494 g/mol. The third-order valence-corrected chi connectivity index (χ3v) is 6.94. The van der Waals surface area contributed by atoms with E-state index in [-0.39, 0.29) is 5.92 Å². The Morgan fingerprint density at radius 2 is 1.97 bits per heavy atom. The number of hydrogen-bond acceptors (Lipinski definition) is 7. The molecule has 1 aliphatic heterocycles. The van der Waals surface area contributed by atoms with Crippen LogP contribution in [-0.4, -0.2) is 43.3 Å². The fraction of sp³-hybridized carbons (Fsp3) is 0.286. The summed E-state index contributed by atoms with van der Waals surface area (Å²) < 4.78 is 8.05. The second-order valence-electron chi connectivity index (χ2n) is 9.53. The van der Waals surface area contributed by atoms with Gasteiger partial charge in [-0.15, -0.1) is 5.10 Å². The number of hydrogen-bond donors (Lipinski definition) is 3. The maximum absolute atomic E-state index is 6.15. The normalized spacial score (nSPS) is 14.1. The zero-order valence-electron chi connectivity index (χ0n) is 20.6. The highest BCUT2D eigenvalue weighted by Gasteiger charge is 2.22. The van der Waals surface area contributed by atoms with Gasteiger partial charge in [-0.2, -0.15) is 5.10 Å². The lowest BCUT2D eigenvalue weighted by Crippen LogP contribution is -2.23. The molecule has 0 fully saturated rings. The number of nitrogens with two attached hydrogens (primary N) is 1. The minimum absolute atomic E-state index is 0.0166. The molecule has 4 heterocycles. The molecule has 0 spiro atoms. The molecule has 2 aromatic carbocycles. The van der Waals surface area contributed by atoms with Gasteiger partial charge in [-0.3, -0.25) is 4.68 Å². The lowest BCUT2D eigenvalue weighted by molar-refractivity contribution is 0.116. The Morgan fingerprint density at radius 1 is 1.05 bits per heavy atom. The summed E-state index contributed by atoms with van der Waals surface area (Å²) in [4.78, 5) is 4.35. The maximum atomic E-state index is 6.15. The van der Waals surface area contributed by atoms with Crippen molar-refractivity contribution in [3.63, 3.8) is 0 Å². The maximum Gasteiger partial charge on any atom is 0.178 e. The predicted octanol–water partition coefficient (Wildman–Crippen LogP) is 3.56. The number of nitrogens with zero attached hydrogens (tertiary/aromatic N) is 5. The van der Waals surface area contributed by atoms with Crippen LogP contribution in [0.4, 0.5) is 5.82 Å². The van der Waals surface area contributed by atoms with Crippen LogP contribution in [0.5, 0.6) is 0 Å². The third kappa shape index (κ3) is 5.23. The SMILES string of the molecule is Nc1cc(C(CCOCc2ccccc2)c2cnn(Cc3ccc4c(c3)CCNC4)c2)c2nn[nH]c2n1. The smallest absolute Gasteiger partial charge is 0.178 e. The van der Waals surface area contributed by atoms with Gasteiger partial charge in [0.05, 0.1) is 19.3 Å². The van der Waals surface area contributed by atoms with E-state index in [1.807, 2.05) is 35.1 Å². The molecule has 3 aromatic heterocycles. The van der Waals surface area contributed by atoms with Gasteiger partial charge in [0.25, 0.3) is 0 Å². The van der Waals surface area contributed by atoms with E-state index in [9.17, 15) is 0 Å². The topological polar surface area (TPSA) is 120 Å². The highest BCUT2D eigenvalue weighted by Crippen LogP contribution is 2.33. The van der Waals surface area contributed by atoms with Crippen molar-refractivity contribution in [3.8, 4) is 0 Å². The molecule has 5 aromatic rings. The van der Waals surface area contributed by atoms with Crippen LogP contribution < -0.4 is 11.1 Å². The summed E-state index contributed by atoms with van der Waals surface area (Å²) in [5.74, 6) is 0.414. The first-order valence-electron chi connectivity index (χ1n) is 12.7. The van der Waals surface area contributed by atoms with Gasteiger partial charge in [-0.1, -0.05) is 53.7 Å². The molecule has 6 rings (SSSR count). The lowest BCUT2D eigenvalue weighted by Gasteiger charge is -2.18. The van der Waals surface area contributed by atoms with Crippen LogP contribution >= 0.6 is 0 Å². The third-order valence-electron chi connectivity index (χ3n) is 6.94. The van der Waals surface area contributed by atoms with Crippen LogP contribution in [0, 0.1) is 0 Å². The van der Waals surface area contributed by atoms with Gasteiger partial charge < -0.3 is 15.8 Å². The van der Waals surface area contributed by atoms with E-state index in [1.165, 1.54) is 16.7 Å². The molecule has 1 atom stereocenters. The molecule has 4 N–H and O–H groups in total. The number of H-pyrrole nitrogens is 1. The zero-order chi connectivity index (χ0) is 25.0. The van der Waals surface area contributed by atoms with Crippen molar-refractivity contribution in [3.05, 3.63) is 100 Å². The fourth-order valence-corrected chi connectivity index (χ4v) is 5.08. The van der Waals surface area contributed by atoms with E-state index in [4.69, 9.17) is 15.6 Å². The second-order valence-corrected chi connectivity index (χ2v) is 9.53. The number of rotatable bonds is 9. The van der Waals surface area contributed by atoms with Gasteiger partial charge in [0.2, 0.25) is 0 Å². The van der Waals surface area contributed by atoms with Crippen molar-refractivity contribution in [2.45, 2.75) is 38.5 Å². The van der Waals surface area contributed by atoms with E-state index < -0.39 is 0 Å². The van der Waals surface area contributed by atoms with Crippen molar-refractivity contribution in [1.29, 1.82) is 0 Å².